The third-order valence-electron chi connectivity index (χ3n) is 4.92. The van der Waals surface area contributed by atoms with Crippen molar-refractivity contribution < 1.29 is 22.7 Å². The highest BCUT2D eigenvalue weighted by molar-refractivity contribution is 7.89. The first kappa shape index (κ1) is 24.7. The molecule has 0 saturated carbocycles. The molecule has 1 atom stereocenters. The lowest BCUT2D eigenvalue weighted by molar-refractivity contribution is 0.0826. The van der Waals surface area contributed by atoms with Crippen LogP contribution in [0, 0.1) is 5.41 Å². The van der Waals surface area contributed by atoms with Crippen LogP contribution in [-0.2, 0) is 10.2 Å². The Bertz CT molecular complexity index is 1260. The van der Waals surface area contributed by atoms with Crippen molar-refractivity contribution in [1.82, 2.24) is 10.2 Å². The molecule has 0 bridgehead atoms. The van der Waals surface area contributed by atoms with Gasteiger partial charge in [-0.05, 0) is 11.5 Å². The molecule has 2 heterocycles. The topological polar surface area (TPSA) is 137 Å². The van der Waals surface area contributed by atoms with Gasteiger partial charge < -0.3 is 25.1 Å². The number of nitrogens with one attached hydrogen (secondary N) is 2. The number of hydrogen-bond acceptors (Lipinski definition) is 7. The van der Waals surface area contributed by atoms with Crippen molar-refractivity contribution in [2.75, 3.05) is 19.4 Å². The Hall–Kier alpha value is -2.99. The quantitative estimate of drug-likeness (QED) is 0.433. The smallest absolute Gasteiger partial charge is 0.367 e. The van der Waals surface area contributed by atoms with Gasteiger partial charge >= 0.3 is 10.2 Å². The monoisotopic (exact) mass is 493 g/mol. The second-order valence-electron chi connectivity index (χ2n) is 8.92. The first-order valence-electron chi connectivity index (χ1n) is 9.96. The first-order valence-corrected chi connectivity index (χ1v) is 11.7. The summed E-state index contributed by atoms with van der Waals surface area (Å²) in [6.07, 6.45) is 1.38. The Labute approximate surface area is 198 Å². The molecule has 176 valence electrons. The number of aromatic hydroxyl groups is 1. The van der Waals surface area contributed by atoms with Gasteiger partial charge in [0.2, 0.25) is 0 Å². The van der Waals surface area contributed by atoms with Crippen molar-refractivity contribution in [3.05, 3.63) is 40.8 Å². The predicted molar refractivity (Wildman–Crippen MR) is 131 cm³/mol. The third-order valence-corrected chi connectivity index (χ3v) is 5.94. The van der Waals surface area contributed by atoms with Gasteiger partial charge in [0.05, 0.1) is 22.3 Å². The number of phenolic OH excluding ortho intramolecular Hbond substituents is 1. The minimum Gasteiger partial charge on any atom is -0.505 e. The SMILES string of the molecule is Bc1ccc(NC2=NS(=O)(=O)N=C2N[C@@H](c2cc(Cl)co2)C(C)(C)C)c(O)c1C(=O)N(C)C. The Morgan fingerprint density at radius 1 is 1.24 bits per heavy atom. The fraction of sp³-hybridized carbons (Fsp3) is 0.350. The van der Waals surface area contributed by atoms with Crippen LogP contribution in [-0.4, -0.2) is 57.9 Å². The lowest BCUT2D eigenvalue weighted by Crippen LogP contribution is -2.41. The van der Waals surface area contributed by atoms with Crippen molar-refractivity contribution in [1.29, 1.82) is 0 Å². The van der Waals surface area contributed by atoms with Crippen molar-refractivity contribution in [3.8, 4) is 5.75 Å². The lowest BCUT2D eigenvalue weighted by Gasteiger charge is -2.30. The molecule has 0 spiro atoms. The first-order chi connectivity index (χ1) is 15.2. The molecule has 13 heteroatoms. The van der Waals surface area contributed by atoms with Gasteiger partial charge in [0.25, 0.3) is 5.91 Å². The Kier molecular flexibility index (Phi) is 6.54. The van der Waals surface area contributed by atoms with Gasteiger partial charge in [-0.15, -0.1) is 8.80 Å². The van der Waals surface area contributed by atoms with Crippen LogP contribution in [0.25, 0.3) is 0 Å². The minimum absolute atomic E-state index is 0.0668. The van der Waals surface area contributed by atoms with Gasteiger partial charge in [-0.2, -0.15) is 8.42 Å². The highest BCUT2D eigenvalue weighted by Crippen LogP contribution is 2.35. The molecule has 33 heavy (non-hydrogen) atoms. The summed E-state index contributed by atoms with van der Waals surface area (Å²) in [6, 6.07) is 4.27. The molecule has 10 nitrogen and oxygen atoms in total. The van der Waals surface area contributed by atoms with Crippen LogP contribution in [0.1, 0.15) is 42.9 Å². The summed E-state index contributed by atoms with van der Waals surface area (Å²) < 4.78 is 37.3. The van der Waals surface area contributed by atoms with Crippen LogP contribution < -0.4 is 16.1 Å². The number of carbonyl (C=O) groups excluding carboxylic acids is 1. The standard InChI is InChI=1S/C20H25BClN5O5S/c1-20(2,3)16(13-8-10(22)9-32-13)24-18-17(25-33(30,31)26-18)23-12-7-6-11(21)14(15(12)28)19(29)27(4)5/h6-9,16,28H,21H2,1-5H3,(H,23,25)(H,24,26)/t16-/m0/s1. The fourth-order valence-electron chi connectivity index (χ4n) is 3.26. The lowest BCUT2D eigenvalue weighted by atomic mass is 9.85. The predicted octanol–water partition coefficient (Wildman–Crippen LogP) is 1.44. The van der Waals surface area contributed by atoms with E-state index in [4.69, 9.17) is 16.0 Å². The van der Waals surface area contributed by atoms with Crippen LogP contribution in [0.4, 0.5) is 5.69 Å². The van der Waals surface area contributed by atoms with Crippen LogP contribution in [0.15, 0.2) is 37.7 Å². The largest absolute Gasteiger partial charge is 0.505 e. The maximum atomic E-state index is 12.5. The molecule has 1 aromatic heterocycles. The minimum atomic E-state index is -4.16. The highest BCUT2D eigenvalue weighted by Gasteiger charge is 2.34. The molecule has 2 aromatic rings. The van der Waals surface area contributed by atoms with E-state index in [1.165, 1.54) is 17.2 Å². The van der Waals surface area contributed by atoms with E-state index in [0.717, 1.165) is 0 Å². The molecule has 0 aliphatic carbocycles. The number of furan rings is 1. The fourth-order valence-corrected chi connectivity index (χ4v) is 4.18. The van der Waals surface area contributed by atoms with Gasteiger partial charge in [0.15, 0.2) is 17.4 Å². The van der Waals surface area contributed by atoms with Gasteiger partial charge in [0.1, 0.15) is 19.9 Å². The van der Waals surface area contributed by atoms with Gasteiger partial charge in [-0.1, -0.05) is 43.9 Å². The number of halogens is 1. The highest BCUT2D eigenvalue weighted by atomic mass is 35.5. The molecular weight excluding hydrogens is 469 g/mol. The number of nitrogens with zero attached hydrogens (tertiary/aromatic N) is 3. The van der Waals surface area contributed by atoms with Crippen molar-refractivity contribution >= 4 is 58.4 Å². The summed E-state index contributed by atoms with van der Waals surface area (Å²) in [5, 5.41) is 17.0. The summed E-state index contributed by atoms with van der Waals surface area (Å²) in [4.78, 5) is 13.8. The zero-order chi connectivity index (χ0) is 24.7. The number of anilines is 1. The molecule has 3 N–H and O–H groups in total. The van der Waals surface area contributed by atoms with E-state index in [0.29, 0.717) is 16.2 Å². The van der Waals surface area contributed by atoms with Gasteiger partial charge in [-0.25, -0.2) is 0 Å². The summed E-state index contributed by atoms with van der Waals surface area (Å²) in [6.45, 7) is 5.79. The second kappa shape index (κ2) is 8.75. The van der Waals surface area contributed by atoms with E-state index in [9.17, 15) is 18.3 Å². The number of amidine groups is 2. The molecule has 3 rings (SSSR count). The molecule has 1 aromatic carbocycles. The molecule has 1 aliphatic heterocycles. The molecule has 0 fully saturated rings. The summed E-state index contributed by atoms with van der Waals surface area (Å²) >= 11 is 6.00. The van der Waals surface area contributed by atoms with E-state index in [-0.39, 0.29) is 28.7 Å². The van der Waals surface area contributed by atoms with Crippen molar-refractivity contribution in [2.45, 2.75) is 26.8 Å². The zero-order valence-electron chi connectivity index (χ0n) is 19.1. The van der Waals surface area contributed by atoms with Crippen LogP contribution in [0.5, 0.6) is 5.75 Å². The zero-order valence-corrected chi connectivity index (χ0v) is 20.7. The molecule has 1 aliphatic rings. The van der Waals surface area contributed by atoms with E-state index in [2.05, 4.69) is 19.4 Å². The molecule has 0 unspecified atom stereocenters. The van der Waals surface area contributed by atoms with Crippen LogP contribution >= 0.6 is 11.6 Å². The Morgan fingerprint density at radius 3 is 2.42 bits per heavy atom. The average molecular weight is 494 g/mol. The number of amides is 1. The van der Waals surface area contributed by atoms with Crippen LogP contribution in [0.3, 0.4) is 0 Å². The van der Waals surface area contributed by atoms with E-state index in [1.807, 2.05) is 20.8 Å². The normalized spacial score (nSPS) is 16.1. The van der Waals surface area contributed by atoms with Gasteiger partial charge in [-0.3, -0.25) is 4.79 Å². The molecule has 1 amide bonds. The maximum Gasteiger partial charge on any atom is 0.367 e. The van der Waals surface area contributed by atoms with E-state index in [1.54, 1.807) is 34.1 Å². The second-order valence-corrected chi connectivity index (χ2v) is 10.6. The van der Waals surface area contributed by atoms with E-state index >= 15 is 0 Å². The van der Waals surface area contributed by atoms with Gasteiger partial charge in [0, 0.05) is 20.2 Å². The molecule has 0 radical (unpaired) electrons. The Balaban J connectivity index is 1.98. The third kappa shape index (κ3) is 5.33. The molecule has 0 saturated heterocycles. The van der Waals surface area contributed by atoms with Crippen LogP contribution in [0.2, 0.25) is 5.02 Å². The number of carbonyl (C=O) groups is 1. The summed E-state index contributed by atoms with van der Waals surface area (Å²) in [5.41, 5.74) is 0.325. The van der Waals surface area contributed by atoms with E-state index < -0.39 is 27.6 Å². The van der Waals surface area contributed by atoms with Crippen molar-refractivity contribution in [2.24, 2.45) is 14.2 Å². The number of phenols is 1. The molecular formula is C20H25BClN5O5S. The maximum absolute atomic E-state index is 12.5. The average Bonchev–Trinajstić information content (AvgIpc) is 3.22. The number of hydrogen-bond donors (Lipinski definition) is 3. The number of benzene rings is 1. The summed E-state index contributed by atoms with van der Waals surface area (Å²) in [7, 11) is 0.666. The summed E-state index contributed by atoms with van der Waals surface area (Å²) in [5.74, 6) is -0.447. The number of rotatable bonds is 4. The van der Waals surface area contributed by atoms with Crippen molar-refractivity contribution in [3.63, 3.8) is 0 Å². The Morgan fingerprint density at radius 2 is 1.88 bits per heavy atom.